The van der Waals surface area contributed by atoms with E-state index in [1.54, 1.807) is 11.0 Å². The molecule has 1 aromatic carbocycles. The summed E-state index contributed by atoms with van der Waals surface area (Å²) in [6.07, 6.45) is 4.54. The standard InChI is InChI=1S/C20H19NO6/c1-25-19(24)17-13-5-4-12(22)9-20(17)14-8-16-15(26-10-27-16)7-11(14)3-2-6-21(20)18(13)23/h4-5,7-8,13,17H,2-3,6,9-10H2,1H3/t13-,17?,20-/m1/s1. The Kier molecular flexibility index (Phi) is 3.38. The summed E-state index contributed by atoms with van der Waals surface area (Å²) in [5, 5.41) is 0. The van der Waals surface area contributed by atoms with Crippen LogP contribution in [0.1, 0.15) is 24.0 Å². The lowest BCUT2D eigenvalue weighted by Gasteiger charge is -2.41. The van der Waals surface area contributed by atoms with Gasteiger partial charge in [0.2, 0.25) is 12.7 Å². The summed E-state index contributed by atoms with van der Waals surface area (Å²) >= 11 is 0. The minimum Gasteiger partial charge on any atom is -0.469 e. The van der Waals surface area contributed by atoms with Gasteiger partial charge in [0, 0.05) is 13.0 Å². The Morgan fingerprint density at radius 1 is 1.26 bits per heavy atom. The van der Waals surface area contributed by atoms with Crippen LogP contribution in [0.2, 0.25) is 0 Å². The molecular formula is C20H19NO6. The van der Waals surface area contributed by atoms with Gasteiger partial charge in [-0.2, -0.15) is 0 Å². The number of methoxy groups -OCH3 is 1. The fraction of sp³-hybridized carbons (Fsp3) is 0.450. The average Bonchev–Trinajstić information content (AvgIpc) is 3.10. The molecule has 1 aliphatic carbocycles. The molecule has 2 bridgehead atoms. The molecule has 7 heteroatoms. The minimum atomic E-state index is -1.05. The average molecular weight is 369 g/mol. The zero-order valence-corrected chi connectivity index (χ0v) is 14.9. The Labute approximate surface area is 155 Å². The maximum atomic E-state index is 13.2. The predicted molar refractivity (Wildman–Crippen MR) is 92.0 cm³/mol. The number of benzene rings is 1. The Balaban J connectivity index is 1.81. The van der Waals surface area contributed by atoms with Crippen molar-refractivity contribution in [2.45, 2.75) is 24.8 Å². The number of aryl methyl sites for hydroxylation is 1. The molecule has 3 aliphatic heterocycles. The Hall–Kier alpha value is -2.83. The molecule has 0 aromatic heterocycles. The van der Waals surface area contributed by atoms with E-state index in [0.717, 1.165) is 24.0 Å². The first-order valence-electron chi connectivity index (χ1n) is 9.09. The number of amides is 1. The van der Waals surface area contributed by atoms with Crippen LogP contribution in [0.4, 0.5) is 0 Å². The van der Waals surface area contributed by atoms with E-state index >= 15 is 0 Å². The van der Waals surface area contributed by atoms with E-state index in [0.29, 0.717) is 18.0 Å². The van der Waals surface area contributed by atoms with E-state index in [9.17, 15) is 14.4 Å². The molecule has 1 aromatic rings. The second kappa shape index (κ2) is 5.58. The van der Waals surface area contributed by atoms with Crippen LogP contribution in [0.15, 0.2) is 24.3 Å². The molecule has 0 N–H and O–H groups in total. The molecule has 1 saturated heterocycles. The van der Waals surface area contributed by atoms with Crippen LogP contribution in [-0.4, -0.2) is 43.0 Å². The number of fused-ring (bicyclic) bond motifs is 3. The van der Waals surface area contributed by atoms with Crippen LogP contribution in [0.5, 0.6) is 11.5 Å². The van der Waals surface area contributed by atoms with Gasteiger partial charge < -0.3 is 19.1 Å². The van der Waals surface area contributed by atoms with Crippen molar-refractivity contribution < 1.29 is 28.6 Å². The molecule has 1 fully saturated rings. The van der Waals surface area contributed by atoms with Gasteiger partial charge in [0.15, 0.2) is 17.3 Å². The summed E-state index contributed by atoms with van der Waals surface area (Å²) in [4.78, 5) is 40.4. The lowest BCUT2D eigenvalue weighted by Crippen LogP contribution is -2.50. The number of ketones is 1. The lowest BCUT2D eigenvalue weighted by atomic mass is 9.72. The van der Waals surface area contributed by atoms with Gasteiger partial charge in [-0.3, -0.25) is 14.4 Å². The third kappa shape index (κ3) is 2.05. The van der Waals surface area contributed by atoms with E-state index < -0.39 is 23.3 Å². The van der Waals surface area contributed by atoms with Gasteiger partial charge in [0.25, 0.3) is 0 Å². The fourth-order valence-corrected chi connectivity index (χ4v) is 5.13. The monoisotopic (exact) mass is 369 g/mol. The largest absolute Gasteiger partial charge is 0.469 e. The number of allylic oxidation sites excluding steroid dienone is 1. The van der Waals surface area contributed by atoms with Gasteiger partial charge in [-0.25, -0.2) is 0 Å². The van der Waals surface area contributed by atoms with Crippen molar-refractivity contribution >= 4 is 17.7 Å². The lowest BCUT2D eigenvalue weighted by molar-refractivity contribution is -0.150. The highest BCUT2D eigenvalue weighted by Crippen LogP contribution is 2.55. The van der Waals surface area contributed by atoms with Crippen LogP contribution >= 0.6 is 0 Å². The Bertz CT molecular complexity index is 906. The van der Waals surface area contributed by atoms with Crippen LogP contribution in [0, 0.1) is 11.8 Å². The molecule has 3 heterocycles. The summed E-state index contributed by atoms with van der Waals surface area (Å²) in [5.41, 5.74) is 0.730. The maximum Gasteiger partial charge on any atom is 0.312 e. The minimum absolute atomic E-state index is 0.0537. The molecule has 7 nitrogen and oxygen atoms in total. The molecule has 1 spiro atoms. The molecule has 3 atom stereocenters. The molecule has 0 saturated carbocycles. The van der Waals surface area contributed by atoms with Crippen LogP contribution in [0.3, 0.4) is 0 Å². The summed E-state index contributed by atoms with van der Waals surface area (Å²) in [6, 6.07) is 3.77. The van der Waals surface area contributed by atoms with Crippen molar-refractivity contribution in [2.24, 2.45) is 11.8 Å². The van der Waals surface area contributed by atoms with Gasteiger partial charge in [-0.15, -0.1) is 0 Å². The van der Waals surface area contributed by atoms with Crippen LogP contribution < -0.4 is 9.47 Å². The number of ether oxygens (including phenoxy) is 3. The molecule has 0 radical (unpaired) electrons. The Morgan fingerprint density at radius 3 is 2.81 bits per heavy atom. The topological polar surface area (TPSA) is 82.1 Å². The van der Waals surface area contributed by atoms with Crippen molar-refractivity contribution in [3.05, 3.63) is 35.4 Å². The van der Waals surface area contributed by atoms with Gasteiger partial charge in [-0.1, -0.05) is 6.08 Å². The zero-order chi connectivity index (χ0) is 18.8. The second-order valence-electron chi connectivity index (χ2n) is 7.41. The SMILES string of the molecule is COC(=O)C1[C@H]2C=CC(=O)C[C@@]13c1cc4c(cc1CCCN3C2=O)OCO4. The number of carbonyl (C=O) groups is 3. The van der Waals surface area contributed by atoms with Crippen molar-refractivity contribution in [3.8, 4) is 11.5 Å². The van der Waals surface area contributed by atoms with Crippen molar-refractivity contribution in [2.75, 3.05) is 20.4 Å². The number of rotatable bonds is 1. The first kappa shape index (κ1) is 16.4. The summed E-state index contributed by atoms with van der Waals surface area (Å²) in [7, 11) is 1.32. The first-order valence-corrected chi connectivity index (χ1v) is 9.09. The number of nitrogens with zero attached hydrogens (tertiary/aromatic N) is 1. The van der Waals surface area contributed by atoms with E-state index in [1.165, 1.54) is 13.2 Å². The predicted octanol–water partition coefficient (Wildman–Crippen LogP) is 1.33. The number of carbonyl (C=O) groups excluding carboxylic acids is 3. The highest BCUT2D eigenvalue weighted by molar-refractivity contribution is 6.00. The molecule has 1 amide bonds. The van der Waals surface area contributed by atoms with Gasteiger partial charge in [0.1, 0.15) is 0 Å². The number of hydrogen-bond donors (Lipinski definition) is 0. The van der Waals surface area contributed by atoms with Crippen molar-refractivity contribution in [1.29, 1.82) is 0 Å². The van der Waals surface area contributed by atoms with E-state index in [2.05, 4.69) is 0 Å². The number of esters is 1. The first-order chi connectivity index (χ1) is 13.1. The third-order valence-corrected chi connectivity index (χ3v) is 6.19. The molecule has 27 heavy (non-hydrogen) atoms. The van der Waals surface area contributed by atoms with Crippen LogP contribution in [-0.2, 0) is 31.1 Å². The van der Waals surface area contributed by atoms with Gasteiger partial charge >= 0.3 is 5.97 Å². The zero-order valence-electron chi connectivity index (χ0n) is 14.9. The maximum absolute atomic E-state index is 13.2. The van der Waals surface area contributed by atoms with E-state index in [1.807, 2.05) is 12.1 Å². The molecular weight excluding hydrogens is 350 g/mol. The smallest absolute Gasteiger partial charge is 0.312 e. The molecule has 4 aliphatic rings. The van der Waals surface area contributed by atoms with Gasteiger partial charge in [0.05, 0.1) is 24.5 Å². The van der Waals surface area contributed by atoms with Crippen molar-refractivity contribution in [1.82, 2.24) is 4.90 Å². The highest BCUT2D eigenvalue weighted by Gasteiger charge is 2.64. The number of hydrogen-bond acceptors (Lipinski definition) is 6. The third-order valence-electron chi connectivity index (χ3n) is 6.19. The highest BCUT2D eigenvalue weighted by atomic mass is 16.7. The molecule has 140 valence electrons. The summed E-state index contributed by atoms with van der Waals surface area (Å²) in [5.74, 6) is -0.925. The normalized spacial score (nSPS) is 30.5. The van der Waals surface area contributed by atoms with Gasteiger partial charge in [-0.05, 0) is 42.2 Å². The molecule has 1 unspecified atom stereocenters. The quantitative estimate of drug-likeness (QED) is 0.695. The van der Waals surface area contributed by atoms with E-state index in [-0.39, 0.29) is 24.9 Å². The fourth-order valence-electron chi connectivity index (χ4n) is 5.13. The second-order valence-corrected chi connectivity index (χ2v) is 7.41. The molecule has 5 rings (SSSR count). The Morgan fingerprint density at radius 2 is 2.04 bits per heavy atom. The van der Waals surface area contributed by atoms with E-state index in [4.69, 9.17) is 14.2 Å². The summed E-state index contributed by atoms with van der Waals surface area (Å²) < 4.78 is 16.1. The summed E-state index contributed by atoms with van der Waals surface area (Å²) in [6.45, 7) is 0.627. The van der Waals surface area contributed by atoms with Crippen molar-refractivity contribution in [3.63, 3.8) is 0 Å². The van der Waals surface area contributed by atoms with Crippen LogP contribution in [0.25, 0.3) is 0 Å².